The molecule has 8 nitrogen and oxygen atoms in total. The molecule has 4 rings (SSSR count). The summed E-state index contributed by atoms with van der Waals surface area (Å²) in [5, 5.41) is 12.8. The number of aromatic nitrogens is 3. The Morgan fingerprint density at radius 2 is 2.10 bits per heavy atom. The van der Waals surface area contributed by atoms with Crippen LogP contribution in [0.3, 0.4) is 0 Å². The van der Waals surface area contributed by atoms with Crippen molar-refractivity contribution in [3.63, 3.8) is 0 Å². The number of para-hydroxylation sites is 1. The Balaban J connectivity index is 1.74. The van der Waals surface area contributed by atoms with Crippen molar-refractivity contribution >= 4 is 28.4 Å². The molecular formula is C20H18FN7O. The van der Waals surface area contributed by atoms with E-state index in [0.717, 1.165) is 12.8 Å². The zero-order chi connectivity index (χ0) is 20.4. The van der Waals surface area contributed by atoms with Gasteiger partial charge in [0.15, 0.2) is 0 Å². The van der Waals surface area contributed by atoms with Gasteiger partial charge in [0, 0.05) is 18.5 Å². The van der Waals surface area contributed by atoms with Crippen LogP contribution < -0.4 is 11.1 Å². The molecule has 1 aromatic carbocycles. The van der Waals surface area contributed by atoms with Crippen molar-refractivity contribution in [3.05, 3.63) is 53.2 Å². The minimum absolute atomic E-state index is 0.0517. The Kier molecular flexibility index (Phi) is 4.91. The molecule has 0 aliphatic carbocycles. The molecule has 3 aromatic rings. The van der Waals surface area contributed by atoms with Gasteiger partial charge in [-0.3, -0.25) is 4.79 Å². The van der Waals surface area contributed by atoms with E-state index in [-0.39, 0.29) is 35.2 Å². The average molecular weight is 391 g/mol. The fraction of sp³-hybridized carbons (Fsp3) is 0.250. The standard InChI is InChI=1S/C20H18FN7O/c21-15-5-3-4-12-8-13(20(29)28-6-1-2-7-28)16(27-17(12)15)10-24-19-14(9-22)18(23)25-11-26-19/h3-5,8,11H,1-2,6-7,10H2,(H3,23,24,25,26). The van der Waals surface area contributed by atoms with Crippen LogP contribution in [-0.2, 0) is 6.54 Å². The van der Waals surface area contributed by atoms with E-state index in [1.165, 1.54) is 12.4 Å². The minimum Gasteiger partial charge on any atom is -0.382 e. The number of pyridine rings is 1. The van der Waals surface area contributed by atoms with E-state index in [1.54, 1.807) is 23.1 Å². The quantitative estimate of drug-likeness (QED) is 0.701. The van der Waals surface area contributed by atoms with Crippen molar-refractivity contribution in [2.75, 3.05) is 24.1 Å². The van der Waals surface area contributed by atoms with Crippen LogP contribution in [0.5, 0.6) is 0 Å². The molecule has 9 heteroatoms. The predicted octanol–water partition coefficient (Wildman–Crippen LogP) is 2.47. The molecule has 1 fully saturated rings. The van der Waals surface area contributed by atoms with Gasteiger partial charge < -0.3 is 16.0 Å². The lowest BCUT2D eigenvalue weighted by Crippen LogP contribution is -2.29. The third kappa shape index (κ3) is 3.52. The highest BCUT2D eigenvalue weighted by atomic mass is 19.1. The predicted molar refractivity (Wildman–Crippen MR) is 105 cm³/mol. The van der Waals surface area contributed by atoms with Gasteiger partial charge in [-0.25, -0.2) is 19.3 Å². The molecule has 0 saturated carbocycles. The molecule has 1 aliphatic heterocycles. The van der Waals surface area contributed by atoms with Gasteiger partial charge in [-0.1, -0.05) is 12.1 Å². The smallest absolute Gasteiger partial charge is 0.255 e. The molecule has 3 heterocycles. The first-order chi connectivity index (χ1) is 14.1. The van der Waals surface area contributed by atoms with Crippen molar-refractivity contribution in [3.8, 4) is 6.07 Å². The van der Waals surface area contributed by atoms with Crippen LogP contribution in [0.2, 0.25) is 0 Å². The number of halogens is 1. The number of nitrogens with two attached hydrogens (primary N) is 1. The van der Waals surface area contributed by atoms with Crippen LogP contribution >= 0.6 is 0 Å². The van der Waals surface area contributed by atoms with Gasteiger partial charge in [0.05, 0.1) is 17.8 Å². The maximum atomic E-state index is 14.3. The molecular weight excluding hydrogens is 373 g/mol. The van der Waals surface area contributed by atoms with Gasteiger partial charge >= 0.3 is 0 Å². The van der Waals surface area contributed by atoms with Gasteiger partial charge in [-0.2, -0.15) is 5.26 Å². The Labute approximate surface area is 166 Å². The number of benzene rings is 1. The van der Waals surface area contributed by atoms with Crippen LogP contribution in [0.15, 0.2) is 30.6 Å². The number of likely N-dealkylation sites (tertiary alicyclic amines) is 1. The molecule has 3 N–H and O–H groups in total. The number of hydrogen-bond donors (Lipinski definition) is 2. The Morgan fingerprint density at radius 1 is 1.31 bits per heavy atom. The molecule has 0 radical (unpaired) electrons. The number of nitrogens with one attached hydrogen (secondary N) is 1. The SMILES string of the molecule is N#Cc1c(N)ncnc1NCc1nc2c(F)cccc2cc1C(=O)N1CCCC1. The largest absolute Gasteiger partial charge is 0.382 e. The van der Waals surface area contributed by atoms with Gasteiger partial charge in [0.2, 0.25) is 0 Å². The normalized spacial score (nSPS) is 13.4. The second kappa shape index (κ2) is 7.67. The lowest BCUT2D eigenvalue weighted by Gasteiger charge is -2.18. The zero-order valence-corrected chi connectivity index (χ0v) is 15.5. The van der Waals surface area contributed by atoms with E-state index in [0.29, 0.717) is 29.7 Å². The number of nitrogens with zero attached hydrogens (tertiary/aromatic N) is 5. The number of amides is 1. The average Bonchev–Trinajstić information content (AvgIpc) is 3.26. The van der Waals surface area contributed by atoms with E-state index in [1.807, 2.05) is 6.07 Å². The van der Waals surface area contributed by atoms with Crippen molar-refractivity contribution < 1.29 is 9.18 Å². The molecule has 2 aromatic heterocycles. The highest BCUT2D eigenvalue weighted by molar-refractivity contribution is 5.99. The molecule has 29 heavy (non-hydrogen) atoms. The summed E-state index contributed by atoms with van der Waals surface area (Å²) < 4.78 is 14.3. The first-order valence-electron chi connectivity index (χ1n) is 9.20. The summed E-state index contributed by atoms with van der Waals surface area (Å²) >= 11 is 0. The number of fused-ring (bicyclic) bond motifs is 1. The zero-order valence-electron chi connectivity index (χ0n) is 15.5. The van der Waals surface area contributed by atoms with Crippen molar-refractivity contribution in [1.82, 2.24) is 19.9 Å². The second-order valence-corrected chi connectivity index (χ2v) is 6.74. The molecule has 1 aliphatic rings. The summed E-state index contributed by atoms with van der Waals surface area (Å²) in [6.07, 6.45) is 3.16. The number of rotatable bonds is 4. The fourth-order valence-electron chi connectivity index (χ4n) is 3.42. The third-order valence-corrected chi connectivity index (χ3v) is 4.91. The number of anilines is 2. The fourth-order valence-corrected chi connectivity index (χ4v) is 3.42. The second-order valence-electron chi connectivity index (χ2n) is 6.74. The summed E-state index contributed by atoms with van der Waals surface area (Å²) in [6.45, 7) is 1.45. The molecule has 0 spiro atoms. The Bertz CT molecular complexity index is 1140. The van der Waals surface area contributed by atoms with Crippen LogP contribution in [0.1, 0.15) is 34.5 Å². The van der Waals surface area contributed by atoms with Crippen LogP contribution in [0.4, 0.5) is 16.0 Å². The Hall–Kier alpha value is -3.80. The molecule has 0 unspecified atom stereocenters. The van der Waals surface area contributed by atoms with Crippen LogP contribution in [-0.4, -0.2) is 38.8 Å². The maximum Gasteiger partial charge on any atom is 0.255 e. The van der Waals surface area contributed by atoms with E-state index in [9.17, 15) is 14.4 Å². The minimum atomic E-state index is -0.465. The first-order valence-corrected chi connectivity index (χ1v) is 9.20. The maximum absolute atomic E-state index is 14.3. The number of nitrogen functional groups attached to an aromatic ring is 1. The van der Waals surface area contributed by atoms with Crippen molar-refractivity contribution in [2.24, 2.45) is 0 Å². The summed E-state index contributed by atoms with van der Waals surface area (Å²) in [7, 11) is 0. The number of carbonyl (C=O) groups is 1. The summed E-state index contributed by atoms with van der Waals surface area (Å²) in [5.74, 6) is -0.320. The molecule has 0 bridgehead atoms. The van der Waals surface area contributed by atoms with Gasteiger partial charge in [0.1, 0.15) is 40.9 Å². The number of carbonyl (C=O) groups excluding carboxylic acids is 1. The molecule has 0 atom stereocenters. The van der Waals surface area contributed by atoms with Gasteiger partial charge in [-0.15, -0.1) is 0 Å². The van der Waals surface area contributed by atoms with Gasteiger partial charge in [-0.05, 0) is 25.0 Å². The lowest BCUT2D eigenvalue weighted by molar-refractivity contribution is 0.0791. The highest BCUT2D eigenvalue weighted by Gasteiger charge is 2.24. The summed E-state index contributed by atoms with van der Waals surface area (Å²) in [5.41, 5.74) is 6.78. The Morgan fingerprint density at radius 3 is 2.86 bits per heavy atom. The van der Waals surface area contributed by atoms with Crippen molar-refractivity contribution in [2.45, 2.75) is 19.4 Å². The van der Waals surface area contributed by atoms with Crippen molar-refractivity contribution in [1.29, 1.82) is 5.26 Å². The molecule has 1 saturated heterocycles. The summed E-state index contributed by atoms with van der Waals surface area (Å²) in [4.78, 5) is 27.1. The first kappa shape index (κ1) is 18.6. The third-order valence-electron chi connectivity index (χ3n) is 4.91. The van der Waals surface area contributed by atoms with E-state index in [2.05, 4.69) is 20.3 Å². The lowest BCUT2D eigenvalue weighted by atomic mass is 10.1. The van der Waals surface area contributed by atoms with E-state index in [4.69, 9.17) is 5.73 Å². The molecule has 146 valence electrons. The number of nitriles is 1. The van der Waals surface area contributed by atoms with Gasteiger partial charge in [0.25, 0.3) is 5.91 Å². The monoisotopic (exact) mass is 391 g/mol. The van der Waals surface area contributed by atoms with Crippen LogP contribution in [0.25, 0.3) is 10.9 Å². The summed E-state index contributed by atoms with van der Waals surface area (Å²) in [6, 6.07) is 8.26. The van der Waals surface area contributed by atoms with Crippen LogP contribution in [0, 0.1) is 17.1 Å². The topological polar surface area (TPSA) is 121 Å². The highest BCUT2D eigenvalue weighted by Crippen LogP contribution is 2.24. The van der Waals surface area contributed by atoms with E-state index >= 15 is 0 Å². The molecule has 1 amide bonds. The number of hydrogen-bond acceptors (Lipinski definition) is 7. The van der Waals surface area contributed by atoms with E-state index < -0.39 is 5.82 Å².